The molecular weight excluding hydrogens is 374 g/mol. The summed E-state index contributed by atoms with van der Waals surface area (Å²) in [5.41, 5.74) is 2.47. The van der Waals surface area contributed by atoms with Crippen molar-refractivity contribution in [3.05, 3.63) is 65.7 Å². The lowest BCUT2D eigenvalue weighted by atomic mass is 9.99. The van der Waals surface area contributed by atoms with Gasteiger partial charge in [-0.1, -0.05) is 42.5 Å². The van der Waals surface area contributed by atoms with Crippen molar-refractivity contribution < 1.29 is 9.53 Å². The Kier molecular flexibility index (Phi) is 8.15. The third-order valence-electron chi connectivity index (χ3n) is 5.32. The van der Waals surface area contributed by atoms with Crippen molar-refractivity contribution in [3.8, 4) is 5.75 Å². The van der Waals surface area contributed by atoms with Gasteiger partial charge >= 0.3 is 6.03 Å². The zero-order chi connectivity index (χ0) is 19.2. The van der Waals surface area contributed by atoms with E-state index in [9.17, 15) is 4.79 Å². The van der Waals surface area contributed by atoms with Crippen LogP contribution < -0.4 is 10.1 Å². The smallest absolute Gasteiger partial charge is 0.317 e. The Morgan fingerprint density at radius 2 is 1.86 bits per heavy atom. The van der Waals surface area contributed by atoms with Gasteiger partial charge in [-0.3, -0.25) is 0 Å². The van der Waals surface area contributed by atoms with Crippen molar-refractivity contribution in [2.45, 2.75) is 18.4 Å². The maximum Gasteiger partial charge on any atom is 0.317 e. The van der Waals surface area contributed by atoms with Crippen LogP contribution in [0.15, 0.2) is 54.6 Å². The maximum atomic E-state index is 12.7. The number of nitrogens with zero attached hydrogens (tertiary/aromatic N) is 2. The normalized spacial score (nSPS) is 17.1. The Labute approximate surface area is 174 Å². The van der Waals surface area contributed by atoms with E-state index in [0.717, 1.165) is 30.8 Å². The van der Waals surface area contributed by atoms with Crippen LogP contribution in [0, 0.1) is 0 Å². The fourth-order valence-electron chi connectivity index (χ4n) is 3.66. The van der Waals surface area contributed by atoms with E-state index in [1.54, 1.807) is 7.11 Å². The number of likely N-dealkylation sites (N-methyl/N-ethyl adjacent to an activating group) is 1. The number of amides is 2. The number of methoxy groups -OCH3 is 1. The summed E-state index contributed by atoms with van der Waals surface area (Å²) >= 11 is 0. The largest absolute Gasteiger partial charge is 0.497 e. The molecule has 5 nitrogen and oxygen atoms in total. The van der Waals surface area contributed by atoms with Crippen LogP contribution in [0.1, 0.15) is 29.5 Å². The third-order valence-corrected chi connectivity index (χ3v) is 5.32. The number of carbonyl (C=O) groups excluding carboxylic acids is 1. The number of ether oxygens (including phenoxy) is 1. The van der Waals surface area contributed by atoms with Crippen LogP contribution in [0.2, 0.25) is 0 Å². The fourth-order valence-corrected chi connectivity index (χ4v) is 3.66. The summed E-state index contributed by atoms with van der Waals surface area (Å²) in [5, 5.41) is 3.12. The lowest BCUT2D eigenvalue weighted by Crippen LogP contribution is -2.42. The molecular formula is C22H30ClN3O2. The highest BCUT2D eigenvalue weighted by atomic mass is 35.5. The molecule has 28 heavy (non-hydrogen) atoms. The number of hydrogen-bond donors (Lipinski definition) is 1. The number of rotatable bonds is 6. The van der Waals surface area contributed by atoms with Crippen molar-refractivity contribution in [2.75, 3.05) is 40.8 Å². The van der Waals surface area contributed by atoms with E-state index in [4.69, 9.17) is 4.74 Å². The minimum absolute atomic E-state index is 0. The number of urea groups is 1. The molecule has 1 aliphatic heterocycles. The molecule has 1 N–H and O–H groups in total. The molecule has 0 radical (unpaired) electrons. The van der Waals surface area contributed by atoms with Crippen molar-refractivity contribution in [1.29, 1.82) is 0 Å². The van der Waals surface area contributed by atoms with Gasteiger partial charge in [0.05, 0.1) is 13.2 Å². The monoisotopic (exact) mass is 403 g/mol. The molecule has 1 aliphatic rings. The molecule has 2 atom stereocenters. The van der Waals surface area contributed by atoms with E-state index in [1.807, 2.05) is 37.2 Å². The standard InChI is InChI=1S/C22H29N3O2.ClH/c1-24(2)21(18-9-11-20(27-3)12-10-18)15-23-22(26)25-14-13-19(16-25)17-7-5-4-6-8-17;/h4-12,19,21H,13-16H2,1-3H3,(H,23,26);1H/t19-,21?;/m0./s1. The Bertz CT molecular complexity index is 737. The first-order chi connectivity index (χ1) is 13.1. The minimum atomic E-state index is 0. The van der Waals surface area contributed by atoms with Crippen molar-refractivity contribution in [1.82, 2.24) is 15.1 Å². The minimum Gasteiger partial charge on any atom is -0.497 e. The van der Waals surface area contributed by atoms with E-state index < -0.39 is 0 Å². The second-order valence-electron chi connectivity index (χ2n) is 7.28. The van der Waals surface area contributed by atoms with Crippen molar-refractivity contribution >= 4 is 18.4 Å². The molecule has 2 amide bonds. The Balaban J connectivity index is 0.00000280. The molecule has 152 valence electrons. The Morgan fingerprint density at radius 3 is 2.46 bits per heavy atom. The van der Waals surface area contributed by atoms with Gasteiger partial charge in [0.2, 0.25) is 0 Å². The zero-order valence-electron chi connectivity index (χ0n) is 16.8. The highest BCUT2D eigenvalue weighted by molar-refractivity contribution is 5.85. The summed E-state index contributed by atoms with van der Waals surface area (Å²) in [5.74, 6) is 1.27. The van der Waals surface area contributed by atoms with Crippen LogP contribution in [0.3, 0.4) is 0 Å². The SMILES string of the molecule is COc1ccc(C(CNC(=O)N2CC[C@H](c3ccccc3)C2)N(C)C)cc1.Cl. The van der Waals surface area contributed by atoms with E-state index in [2.05, 4.69) is 46.6 Å². The zero-order valence-corrected chi connectivity index (χ0v) is 17.6. The quantitative estimate of drug-likeness (QED) is 0.795. The predicted molar refractivity (Wildman–Crippen MR) is 115 cm³/mol. The summed E-state index contributed by atoms with van der Waals surface area (Å²) in [6, 6.07) is 18.6. The molecule has 2 aromatic carbocycles. The molecule has 1 saturated heterocycles. The van der Waals surface area contributed by atoms with E-state index >= 15 is 0 Å². The molecule has 0 bridgehead atoms. The molecule has 2 aromatic rings. The first-order valence-corrected chi connectivity index (χ1v) is 9.46. The molecule has 3 rings (SSSR count). The molecule has 0 spiro atoms. The predicted octanol–water partition coefficient (Wildman–Crippen LogP) is 3.92. The molecule has 6 heteroatoms. The van der Waals surface area contributed by atoms with Gasteiger partial charge in [0.1, 0.15) is 5.75 Å². The average Bonchev–Trinajstić information content (AvgIpc) is 3.19. The van der Waals surface area contributed by atoms with Gasteiger partial charge in [0.15, 0.2) is 0 Å². The second-order valence-corrected chi connectivity index (χ2v) is 7.28. The van der Waals surface area contributed by atoms with E-state index in [-0.39, 0.29) is 24.5 Å². The summed E-state index contributed by atoms with van der Waals surface area (Å²) in [4.78, 5) is 16.7. The second kappa shape index (κ2) is 10.3. The number of nitrogens with one attached hydrogen (secondary N) is 1. The third kappa shape index (κ3) is 5.40. The number of benzene rings is 2. The van der Waals surface area contributed by atoms with Crippen LogP contribution in [-0.2, 0) is 0 Å². The molecule has 1 fully saturated rings. The van der Waals surface area contributed by atoms with E-state index in [0.29, 0.717) is 12.5 Å². The maximum absolute atomic E-state index is 12.7. The topological polar surface area (TPSA) is 44.8 Å². The summed E-state index contributed by atoms with van der Waals surface area (Å²) in [7, 11) is 5.72. The number of likely N-dealkylation sites (tertiary alicyclic amines) is 1. The number of hydrogen-bond acceptors (Lipinski definition) is 3. The van der Waals surface area contributed by atoms with Gasteiger partial charge < -0.3 is 19.9 Å². The van der Waals surface area contributed by atoms with Crippen LogP contribution in [-0.4, -0.2) is 56.7 Å². The lowest BCUT2D eigenvalue weighted by molar-refractivity contribution is 0.202. The first kappa shape index (κ1) is 22.1. The van der Waals surface area contributed by atoms with Gasteiger partial charge in [-0.25, -0.2) is 4.79 Å². The molecule has 1 unspecified atom stereocenters. The van der Waals surface area contributed by atoms with Gasteiger partial charge in [0, 0.05) is 25.6 Å². The highest BCUT2D eigenvalue weighted by Crippen LogP contribution is 2.27. The summed E-state index contributed by atoms with van der Waals surface area (Å²) < 4.78 is 5.23. The molecule has 1 heterocycles. The van der Waals surface area contributed by atoms with Crippen molar-refractivity contribution in [2.24, 2.45) is 0 Å². The van der Waals surface area contributed by atoms with Crippen molar-refractivity contribution in [3.63, 3.8) is 0 Å². The fraction of sp³-hybridized carbons (Fsp3) is 0.409. The van der Waals surface area contributed by atoms with E-state index in [1.165, 1.54) is 5.56 Å². The molecule has 0 saturated carbocycles. The lowest BCUT2D eigenvalue weighted by Gasteiger charge is -2.26. The van der Waals surface area contributed by atoms with Crippen LogP contribution >= 0.6 is 12.4 Å². The molecule has 0 aliphatic carbocycles. The molecule has 0 aromatic heterocycles. The van der Waals surface area contributed by atoms with Crippen LogP contribution in [0.25, 0.3) is 0 Å². The number of carbonyl (C=O) groups is 1. The van der Waals surface area contributed by atoms with Gasteiger partial charge in [-0.05, 0) is 43.8 Å². The Hall–Kier alpha value is -2.24. The highest BCUT2D eigenvalue weighted by Gasteiger charge is 2.27. The average molecular weight is 404 g/mol. The van der Waals surface area contributed by atoms with Gasteiger partial charge in [-0.2, -0.15) is 0 Å². The Morgan fingerprint density at radius 1 is 1.18 bits per heavy atom. The van der Waals surface area contributed by atoms with Crippen LogP contribution in [0.5, 0.6) is 5.75 Å². The summed E-state index contributed by atoms with van der Waals surface area (Å²) in [6.07, 6.45) is 1.02. The number of halogens is 1. The van der Waals surface area contributed by atoms with Gasteiger partial charge in [0.25, 0.3) is 0 Å². The summed E-state index contributed by atoms with van der Waals surface area (Å²) in [6.45, 7) is 2.16. The first-order valence-electron chi connectivity index (χ1n) is 9.46. The van der Waals surface area contributed by atoms with Gasteiger partial charge in [-0.15, -0.1) is 12.4 Å². The van der Waals surface area contributed by atoms with Crippen LogP contribution in [0.4, 0.5) is 4.79 Å².